The number of hydrogen-bond donors (Lipinski definition) is 3. The minimum absolute atomic E-state index is 0.242. The molecule has 0 aliphatic heterocycles. The van der Waals surface area contributed by atoms with Gasteiger partial charge in [0, 0.05) is 21.9 Å². The van der Waals surface area contributed by atoms with Gasteiger partial charge in [0.1, 0.15) is 17.8 Å². The summed E-state index contributed by atoms with van der Waals surface area (Å²) in [4.78, 5) is 23.4. The molecule has 0 bridgehead atoms. The molecule has 22 heavy (non-hydrogen) atoms. The number of fused-ring (bicyclic) bond motifs is 3. The number of anilines is 1. The number of carbonyl (C=O) groups excluding carboxylic acids is 1. The van der Waals surface area contributed by atoms with Crippen molar-refractivity contribution in [1.82, 2.24) is 15.0 Å². The third kappa shape index (κ3) is 2.04. The molecular weight excluding hydrogens is 346 g/mol. The minimum atomic E-state index is -0.410. The summed E-state index contributed by atoms with van der Waals surface area (Å²) in [6, 6.07) is 6.01. The Morgan fingerprint density at radius 2 is 2.23 bits per heavy atom. The van der Waals surface area contributed by atoms with Crippen LogP contribution >= 0.6 is 15.9 Å². The van der Waals surface area contributed by atoms with Crippen LogP contribution in [0.3, 0.4) is 0 Å². The normalized spacial score (nSPS) is 16.0. The Hall–Kier alpha value is -2.15. The number of aromatic nitrogens is 3. The average Bonchev–Trinajstić information content (AvgIpc) is 3.20. The Bertz CT molecular complexity index is 899. The molecule has 1 aromatic carbocycles. The second-order valence-corrected chi connectivity index (χ2v) is 6.67. The van der Waals surface area contributed by atoms with Gasteiger partial charge in [-0.3, -0.25) is 4.79 Å². The molecule has 0 unspecified atom stereocenters. The van der Waals surface area contributed by atoms with Crippen molar-refractivity contribution in [3.05, 3.63) is 29.0 Å². The van der Waals surface area contributed by atoms with Crippen LogP contribution in [-0.2, 0) is 4.79 Å². The van der Waals surface area contributed by atoms with E-state index in [2.05, 4.69) is 36.2 Å². The zero-order chi connectivity index (χ0) is 15.3. The lowest BCUT2D eigenvalue weighted by Gasteiger charge is -2.13. The van der Waals surface area contributed by atoms with Gasteiger partial charge in [-0.15, -0.1) is 0 Å². The van der Waals surface area contributed by atoms with Crippen LogP contribution in [-0.4, -0.2) is 27.4 Å². The third-order valence-electron chi connectivity index (χ3n) is 4.32. The van der Waals surface area contributed by atoms with Crippen molar-refractivity contribution in [2.24, 2.45) is 11.1 Å². The molecule has 3 aromatic rings. The van der Waals surface area contributed by atoms with E-state index in [0.29, 0.717) is 6.54 Å². The lowest BCUT2D eigenvalue weighted by molar-refractivity contribution is -0.122. The van der Waals surface area contributed by atoms with E-state index in [9.17, 15) is 4.79 Å². The van der Waals surface area contributed by atoms with Crippen LogP contribution in [0.25, 0.3) is 21.9 Å². The molecule has 0 spiro atoms. The largest absolute Gasteiger partial charge is 0.369 e. The van der Waals surface area contributed by atoms with E-state index in [4.69, 9.17) is 5.73 Å². The fourth-order valence-electron chi connectivity index (χ4n) is 2.75. The van der Waals surface area contributed by atoms with Crippen LogP contribution in [0.5, 0.6) is 0 Å². The molecule has 0 saturated heterocycles. The monoisotopic (exact) mass is 359 g/mol. The zero-order valence-electron chi connectivity index (χ0n) is 11.7. The maximum absolute atomic E-state index is 11.5. The predicted octanol–water partition coefficient (Wildman–Crippen LogP) is 2.55. The SMILES string of the molecule is NC(=O)C1(CNc2ncnc3[nH]c4cc(Br)ccc4c23)CC1. The molecule has 1 saturated carbocycles. The van der Waals surface area contributed by atoms with E-state index in [0.717, 1.165) is 45.1 Å². The summed E-state index contributed by atoms with van der Waals surface area (Å²) in [7, 11) is 0. The number of amides is 1. The Balaban J connectivity index is 1.77. The van der Waals surface area contributed by atoms with Crippen LogP contribution < -0.4 is 11.1 Å². The molecule has 112 valence electrons. The highest BCUT2D eigenvalue weighted by Crippen LogP contribution is 2.45. The van der Waals surface area contributed by atoms with Gasteiger partial charge in [0.05, 0.1) is 10.8 Å². The Kier molecular flexibility index (Phi) is 2.87. The molecule has 1 aliphatic rings. The number of nitrogens with zero attached hydrogens (tertiary/aromatic N) is 2. The van der Waals surface area contributed by atoms with E-state index in [1.165, 1.54) is 6.33 Å². The van der Waals surface area contributed by atoms with E-state index < -0.39 is 5.41 Å². The van der Waals surface area contributed by atoms with Crippen molar-refractivity contribution < 1.29 is 4.79 Å². The molecule has 0 atom stereocenters. The molecule has 4 rings (SSSR count). The molecule has 2 heterocycles. The average molecular weight is 360 g/mol. The summed E-state index contributed by atoms with van der Waals surface area (Å²) >= 11 is 3.47. The molecule has 1 fully saturated rings. The number of hydrogen-bond acceptors (Lipinski definition) is 4. The summed E-state index contributed by atoms with van der Waals surface area (Å²) in [5.74, 6) is 0.485. The van der Waals surface area contributed by atoms with Crippen molar-refractivity contribution in [1.29, 1.82) is 0 Å². The lowest BCUT2D eigenvalue weighted by Crippen LogP contribution is -2.31. The molecule has 1 amide bonds. The summed E-state index contributed by atoms with van der Waals surface area (Å²) in [6.07, 6.45) is 3.19. The Labute approximate surface area is 134 Å². The molecule has 0 radical (unpaired) electrons. The van der Waals surface area contributed by atoms with Crippen molar-refractivity contribution in [3.8, 4) is 0 Å². The standard InChI is InChI=1S/C15H14BrN5O/c16-8-1-2-9-10(5-8)21-13-11(9)12(19-7-20-13)18-6-15(3-4-15)14(17)22/h1-2,5,7H,3-4,6H2,(H2,17,22)(H2,18,19,20,21). The second kappa shape index (κ2) is 4.67. The maximum Gasteiger partial charge on any atom is 0.225 e. The van der Waals surface area contributed by atoms with Crippen LogP contribution in [0.15, 0.2) is 29.0 Å². The van der Waals surface area contributed by atoms with Crippen LogP contribution in [0.2, 0.25) is 0 Å². The number of carbonyl (C=O) groups is 1. The first-order chi connectivity index (χ1) is 10.6. The molecule has 1 aliphatic carbocycles. The topological polar surface area (TPSA) is 96.7 Å². The van der Waals surface area contributed by atoms with Gasteiger partial charge < -0.3 is 16.0 Å². The highest BCUT2D eigenvalue weighted by Gasteiger charge is 2.48. The number of H-pyrrole nitrogens is 1. The van der Waals surface area contributed by atoms with Gasteiger partial charge in [0.25, 0.3) is 0 Å². The smallest absolute Gasteiger partial charge is 0.225 e. The van der Waals surface area contributed by atoms with Gasteiger partial charge >= 0.3 is 0 Å². The van der Waals surface area contributed by atoms with Crippen LogP contribution in [0, 0.1) is 5.41 Å². The summed E-state index contributed by atoms with van der Waals surface area (Å²) in [6.45, 7) is 0.512. The van der Waals surface area contributed by atoms with Gasteiger partial charge in [-0.25, -0.2) is 9.97 Å². The minimum Gasteiger partial charge on any atom is -0.369 e. The Morgan fingerprint density at radius 1 is 1.41 bits per heavy atom. The van der Waals surface area contributed by atoms with E-state index in [1.54, 1.807) is 0 Å². The number of nitrogens with one attached hydrogen (secondary N) is 2. The van der Waals surface area contributed by atoms with Crippen molar-refractivity contribution in [2.75, 3.05) is 11.9 Å². The predicted molar refractivity (Wildman–Crippen MR) is 88.4 cm³/mol. The van der Waals surface area contributed by atoms with Crippen LogP contribution in [0.1, 0.15) is 12.8 Å². The molecule has 7 heteroatoms. The van der Waals surface area contributed by atoms with Gasteiger partial charge in [-0.1, -0.05) is 22.0 Å². The van der Waals surface area contributed by atoms with Crippen molar-refractivity contribution in [3.63, 3.8) is 0 Å². The highest BCUT2D eigenvalue weighted by atomic mass is 79.9. The summed E-state index contributed by atoms with van der Waals surface area (Å²) in [5, 5.41) is 5.26. The maximum atomic E-state index is 11.5. The third-order valence-corrected chi connectivity index (χ3v) is 4.82. The van der Waals surface area contributed by atoms with Gasteiger partial charge in [0.2, 0.25) is 5.91 Å². The first kappa shape index (κ1) is 13.5. The van der Waals surface area contributed by atoms with Gasteiger partial charge in [-0.2, -0.15) is 0 Å². The molecular formula is C15H14BrN5O. The number of nitrogens with two attached hydrogens (primary N) is 1. The van der Waals surface area contributed by atoms with Gasteiger partial charge in [-0.05, 0) is 25.0 Å². The Morgan fingerprint density at radius 3 is 2.95 bits per heavy atom. The number of rotatable bonds is 4. The second-order valence-electron chi connectivity index (χ2n) is 5.76. The number of benzene rings is 1. The number of primary amides is 1. The molecule has 6 nitrogen and oxygen atoms in total. The fourth-order valence-corrected chi connectivity index (χ4v) is 3.11. The zero-order valence-corrected chi connectivity index (χ0v) is 13.3. The van der Waals surface area contributed by atoms with Crippen molar-refractivity contribution >= 4 is 49.6 Å². The van der Waals surface area contributed by atoms with Gasteiger partial charge in [0.15, 0.2) is 0 Å². The number of aromatic amines is 1. The van der Waals surface area contributed by atoms with Crippen molar-refractivity contribution in [2.45, 2.75) is 12.8 Å². The fraction of sp³-hybridized carbons (Fsp3) is 0.267. The number of halogens is 1. The first-order valence-corrected chi connectivity index (χ1v) is 7.84. The first-order valence-electron chi connectivity index (χ1n) is 7.05. The molecule has 2 aromatic heterocycles. The summed E-state index contributed by atoms with van der Waals surface area (Å²) in [5.41, 5.74) is 6.83. The van der Waals surface area contributed by atoms with Crippen LogP contribution in [0.4, 0.5) is 5.82 Å². The van der Waals surface area contributed by atoms with E-state index in [1.807, 2.05) is 18.2 Å². The lowest BCUT2D eigenvalue weighted by atomic mass is 10.1. The highest BCUT2D eigenvalue weighted by molar-refractivity contribution is 9.10. The van der Waals surface area contributed by atoms with E-state index in [-0.39, 0.29) is 5.91 Å². The molecule has 4 N–H and O–H groups in total. The summed E-state index contributed by atoms with van der Waals surface area (Å²) < 4.78 is 1.000. The quantitative estimate of drug-likeness (QED) is 0.666. The van der Waals surface area contributed by atoms with E-state index >= 15 is 0 Å².